The first-order chi connectivity index (χ1) is 15.8. The molecule has 1 aromatic heterocycles. The van der Waals surface area contributed by atoms with E-state index in [4.69, 9.17) is 44.5 Å². The van der Waals surface area contributed by atoms with Crippen LogP contribution in [-0.2, 0) is 4.79 Å². The molecule has 2 N–H and O–H groups in total. The van der Waals surface area contributed by atoms with Crippen LogP contribution in [0.3, 0.4) is 0 Å². The Morgan fingerprint density at radius 2 is 1.71 bits per heavy atom. The van der Waals surface area contributed by atoms with Crippen molar-refractivity contribution in [2.75, 3.05) is 0 Å². The molecule has 1 amide bonds. The number of pyridine rings is 1. The first-order valence-corrected chi connectivity index (χ1v) is 12.0. The van der Waals surface area contributed by atoms with E-state index in [-0.39, 0.29) is 0 Å². The van der Waals surface area contributed by atoms with Crippen molar-refractivity contribution in [3.63, 3.8) is 0 Å². The molecule has 0 saturated carbocycles. The molecule has 0 spiro atoms. The Morgan fingerprint density at radius 3 is 2.32 bits per heavy atom. The molecule has 178 valence electrons. The number of rotatable bonds is 4. The van der Waals surface area contributed by atoms with Crippen LogP contribution < -0.4 is 10.1 Å². The Balaban J connectivity index is 1.93. The lowest BCUT2D eigenvalue weighted by Crippen LogP contribution is -2.47. The molecule has 0 fully saturated rings. The summed E-state index contributed by atoms with van der Waals surface area (Å²) >= 11 is 18.8. The number of nitrogens with one attached hydrogen (secondary N) is 1. The molecule has 1 unspecified atom stereocenters. The van der Waals surface area contributed by atoms with Gasteiger partial charge < -0.3 is 15.2 Å². The SMILES string of the molecule is CC1(C)CC(NC(=O)C(C)(C)O)c2cc(-c3ccc(Cl)cc3)c(-c3ccc(Cl)cc3Cl)nc2O1. The second-order valence-electron chi connectivity index (χ2n) is 9.56. The van der Waals surface area contributed by atoms with Crippen molar-refractivity contribution >= 4 is 40.7 Å². The van der Waals surface area contributed by atoms with Crippen LogP contribution in [0.4, 0.5) is 0 Å². The first kappa shape index (κ1) is 24.8. The van der Waals surface area contributed by atoms with Crippen LogP contribution in [0.5, 0.6) is 5.88 Å². The predicted octanol–water partition coefficient (Wildman–Crippen LogP) is 6.87. The van der Waals surface area contributed by atoms with E-state index < -0.39 is 23.2 Å². The third kappa shape index (κ3) is 5.18. The molecule has 0 aliphatic carbocycles. The number of nitrogens with zero attached hydrogens (tertiary/aromatic N) is 1. The second-order valence-corrected chi connectivity index (χ2v) is 10.8. The number of hydrogen-bond acceptors (Lipinski definition) is 4. The zero-order valence-electron chi connectivity index (χ0n) is 19.2. The summed E-state index contributed by atoms with van der Waals surface area (Å²) in [6, 6.07) is 14.2. The van der Waals surface area contributed by atoms with Gasteiger partial charge in [0.15, 0.2) is 0 Å². The van der Waals surface area contributed by atoms with Gasteiger partial charge in [-0.05, 0) is 69.7 Å². The Bertz CT molecular complexity index is 1250. The van der Waals surface area contributed by atoms with E-state index in [0.29, 0.717) is 38.6 Å². The maximum atomic E-state index is 12.6. The first-order valence-electron chi connectivity index (χ1n) is 10.8. The molecule has 3 aromatic rings. The number of amides is 1. The van der Waals surface area contributed by atoms with Gasteiger partial charge in [-0.25, -0.2) is 4.98 Å². The van der Waals surface area contributed by atoms with E-state index >= 15 is 0 Å². The van der Waals surface area contributed by atoms with Gasteiger partial charge in [0.2, 0.25) is 5.88 Å². The van der Waals surface area contributed by atoms with E-state index in [0.717, 1.165) is 16.7 Å². The molecular formula is C26H25Cl3N2O3. The molecule has 1 aliphatic heterocycles. The number of aromatic nitrogens is 1. The maximum absolute atomic E-state index is 12.6. The smallest absolute Gasteiger partial charge is 0.251 e. The fourth-order valence-corrected chi connectivity index (χ4v) is 4.57. The highest BCUT2D eigenvalue weighted by molar-refractivity contribution is 6.36. The number of fused-ring (bicyclic) bond motifs is 1. The minimum absolute atomic E-state index is 0.399. The fourth-order valence-electron chi connectivity index (χ4n) is 3.95. The van der Waals surface area contributed by atoms with Gasteiger partial charge in [0.25, 0.3) is 5.91 Å². The number of aliphatic hydroxyl groups is 1. The zero-order chi connectivity index (χ0) is 24.8. The lowest BCUT2D eigenvalue weighted by Gasteiger charge is -2.38. The zero-order valence-corrected chi connectivity index (χ0v) is 21.5. The van der Waals surface area contributed by atoms with Crippen molar-refractivity contribution in [2.24, 2.45) is 0 Å². The summed E-state index contributed by atoms with van der Waals surface area (Å²) in [4.78, 5) is 17.5. The van der Waals surface area contributed by atoms with E-state index in [1.807, 2.05) is 38.1 Å². The predicted molar refractivity (Wildman–Crippen MR) is 137 cm³/mol. The van der Waals surface area contributed by atoms with Crippen molar-refractivity contribution in [2.45, 2.75) is 51.4 Å². The number of carbonyl (C=O) groups excluding carboxylic acids is 1. The largest absolute Gasteiger partial charge is 0.471 e. The molecule has 0 radical (unpaired) electrons. The summed E-state index contributed by atoms with van der Waals surface area (Å²) in [7, 11) is 0. The normalized spacial score (nSPS) is 17.0. The van der Waals surface area contributed by atoms with Gasteiger partial charge >= 0.3 is 0 Å². The molecule has 5 nitrogen and oxygen atoms in total. The van der Waals surface area contributed by atoms with Gasteiger partial charge in [-0.3, -0.25) is 4.79 Å². The van der Waals surface area contributed by atoms with Crippen LogP contribution in [0.1, 0.15) is 45.7 Å². The fraction of sp³-hybridized carbons (Fsp3) is 0.308. The average Bonchev–Trinajstić information content (AvgIpc) is 2.72. The molecular weight excluding hydrogens is 495 g/mol. The number of ether oxygens (including phenoxy) is 1. The third-order valence-electron chi connectivity index (χ3n) is 5.66. The van der Waals surface area contributed by atoms with Crippen LogP contribution in [0, 0.1) is 0 Å². The van der Waals surface area contributed by atoms with Crippen LogP contribution in [-0.4, -0.2) is 27.2 Å². The van der Waals surface area contributed by atoms with Crippen molar-refractivity contribution in [1.29, 1.82) is 0 Å². The summed E-state index contributed by atoms with van der Waals surface area (Å²) in [5, 5.41) is 14.8. The lowest BCUT2D eigenvalue weighted by molar-refractivity contribution is -0.137. The van der Waals surface area contributed by atoms with E-state index in [9.17, 15) is 9.90 Å². The second kappa shape index (κ2) is 9.04. The molecule has 1 aliphatic rings. The minimum Gasteiger partial charge on any atom is -0.471 e. The van der Waals surface area contributed by atoms with Crippen molar-refractivity contribution in [3.05, 3.63) is 69.2 Å². The van der Waals surface area contributed by atoms with Gasteiger partial charge in [0.05, 0.1) is 16.8 Å². The number of carbonyl (C=O) groups is 1. The van der Waals surface area contributed by atoms with Crippen molar-refractivity contribution in [1.82, 2.24) is 10.3 Å². The van der Waals surface area contributed by atoms with E-state index in [1.165, 1.54) is 13.8 Å². The van der Waals surface area contributed by atoms with Gasteiger partial charge in [-0.2, -0.15) is 0 Å². The summed E-state index contributed by atoms with van der Waals surface area (Å²) in [6.07, 6.45) is 0.505. The van der Waals surface area contributed by atoms with Gasteiger partial charge in [-0.15, -0.1) is 0 Å². The number of halogens is 3. The van der Waals surface area contributed by atoms with Crippen LogP contribution in [0.2, 0.25) is 15.1 Å². The van der Waals surface area contributed by atoms with Crippen molar-refractivity contribution in [3.8, 4) is 28.3 Å². The number of hydrogen-bond donors (Lipinski definition) is 2. The molecule has 34 heavy (non-hydrogen) atoms. The Morgan fingerprint density at radius 1 is 1.06 bits per heavy atom. The van der Waals surface area contributed by atoms with Gasteiger partial charge in [-0.1, -0.05) is 46.9 Å². The van der Waals surface area contributed by atoms with E-state index in [1.54, 1.807) is 24.3 Å². The molecule has 0 bridgehead atoms. The molecule has 2 aromatic carbocycles. The molecule has 2 heterocycles. The molecule has 8 heteroatoms. The molecule has 1 atom stereocenters. The van der Waals surface area contributed by atoms with E-state index in [2.05, 4.69) is 5.32 Å². The Hall–Kier alpha value is -2.31. The van der Waals surface area contributed by atoms with Gasteiger partial charge in [0.1, 0.15) is 11.2 Å². The highest BCUT2D eigenvalue weighted by atomic mass is 35.5. The summed E-state index contributed by atoms with van der Waals surface area (Å²) in [6.45, 7) is 6.78. The number of benzene rings is 2. The minimum atomic E-state index is -1.52. The Labute approximate surface area is 214 Å². The summed E-state index contributed by atoms with van der Waals surface area (Å²) in [5.74, 6) is -0.0740. The lowest BCUT2D eigenvalue weighted by atomic mass is 9.88. The molecule has 0 saturated heterocycles. The van der Waals surface area contributed by atoms with Crippen LogP contribution >= 0.6 is 34.8 Å². The topological polar surface area (TPSA) is 71.5 Å². The Kier molecular flexibility index (Phi) is 6.60. The molecule has 4 rings (SSSR count). The van der Waals surface area contributed by atoms with Crippen molar-refractivity contribution < 1.29 is 14.6 Å². The highest BCUT2D eigenvalue weighted by Crippen LogP contribution is 2.45. The van der Waals surface area contributed by atoms with Crippen LogP contribution in [0.15, 0.2) is 48.5 Å². The monoisotopic (exact) mass is 518 g/mol. The highest BCUT2D eigenvalue weighted by Gasteiger charge is 2.38. The summed E-state index contributed by atoms with van der Waals surface area (Å²) in [5.41, 5.74) is 1.59. The third-order valence-corrected chi connectivity index (χ3v) is 6.46. The standard InChI is InChI=1S/C26H25Cl3N2O3/c1-25(2)13-21(30-24(32)26(3,4)33)19-12-18(14-5-7-15(27)8-6-14)22(31-23(19)34-25)17-10-9-16(28)11-20(17)29/h5-12,21,33H,13H2,1-4H3,(H,30,32). The maximum Gasteiger partial charge on any atom is 0.251 e. The van der Waals surface area contributed by atoms with Crippen LogP contribution in [0.25, 0.3) is 22.4 Å². The summed E-state index contributed by atoms with van der Waals surface area (Å²) < 4.78 is 6.24. The quantitative estimate of drug-likeness (QED) is 0.395. The van der Waals surface area contributed by atoms with Gasteiger partial charge in [0, 0.05) is 33.2 Å². The average molecular weight is 520 g/mol.